The van der Waals surface area contributed by atoms with Crippen LogP contribution in [0, 0.1) is 5.41 Å². The first-order valence-corrected chi connectivity index (χ1v) is 7.55. The Labute approximate surface area is 127 Å². The number of hydrogen-bond acceptors (Lipinski definition) is 3. The van der Waals surface area contributed by atoms with Crippen LogP contribution in [0.5, 0.6) is 0 Å². The monoisotopic (exact) mass is 290 g/mol. The van der Waals surface area contributed by atoms with E-state index in [1.807, 2.05) is 12.1 Å². The van der Waals surface area contributed by atoms with Crippen molar-refractivity contribution in [3.63, 3.8) is 0 Å². The molecule has 0 unspecified atom stereocenters. The minimum absolute atomic E-state index is 0.00867. The second kappa shape index (κ2) is 6.48. The molecule has 4 heteroatoms. The number of hydrogen-bond donors (Lipinski definition) is 1. The minimum atomic E-state index is 0.00867. The third-order valence-corrected chi connectivity index (χ3v) is 3.69. The molecule has 1 saturated heterocycles. The second-order valence-corrected chi connectivity index (χ2v) is 6.92. The highest BCUT2D eigenvalue weighted by molar-refractivity contribution is 5.91. The Morgan fingerprint density at radius 2 is 2.00 bits per heavy atom. The predicted molar refractivity (Wildman–Crippen MR) is 86.8 cm³/mol. The Morgan fingerprint density at radius 3 is 2.52 bits per heavy atom. The van der Waals surface area contributed by atoms with Crippen LogP contribution in [-0.2, 0) is 9.53 Å². The normalized spacial score (nSPS) is 18.9. The van der Waals surface area contributed by atoms with Gasteiger partial charge < -0.3 is 15.0 Å². The number of carbonyl (C=O) groups excluding carboxylic acids is 1. The first-order valence-electron chi connectivity index (χ1n) is 7.55. The summed E-state index contributed by atoms with van der Waals surface area (Å²) in [5, 5.41) is 2.95. The van der Waals surface area contributed by atoms with Gasteiger partial charge in [-0.15, -0.1) is 0 Å². The van der Waals surface area contributed by atoms with E-state index in [2.05, 4.69) is 43.1 Å². The standard InChI is InChI=1S/C17H26N2O2/c1-17(2,3)11-16(20)18-13-5-7-14(8-6-13)19-10-9-15(12-19)21-4/h5-8,15H,9-12H2,1-4H3,(H,18,20)/t15-/m0/s1. The van der Waals surface area contributed by atoms with Crippen LogP contribution in [0.15, 0.2) is 24.3 Å². The molecule has 1 fully saturated rings. The van der Waals surface area contributed by atoms with E-state index < -0.39 is 0 Å². The van der Waals surface area contributed by atoms with E-state index in [1.165, 1.54) is 5.69 Å². The van der Waals surface area contributed by atoms with Gasteiger partial charge >= 0.3 is 0 Å². The van der Waals surface area contributed by atoms with Crippen molar-refractivity contribution in [2.24, 2.45) is 5.41 Å². The van der Waals surface area contributed by atoms with Crippen LogP contribution in [0.25, 0.3) is 0 Å². The summed E-state index contributed by atoms with van der Waals surface area (Å²) in [7, 11) is 1.77. The van der Waals surface area contributed by atoms with Gasteiger partial charge in [0.15, 0.2) is 0 Å². The maximum atomic E-state index is 11.9. The van der Waals surface area contributed by atoms with Crippen molar-refractivity contribution in [3.8, 4) is 0 Å². The van der Waals surface area contributed by atoms with Gasteiger partial charge in [0.2, 0.25) is 5.91 Å². The van der Waals surface area contributed by atoms with E-state index >= 15 is 0 Å². The van der Waals surface area contributed by atoms with Crippen molar-refractivity contribution in [2.45, 2.75) is 39.7 Å². The molecule has 1 aromatic rings. The number of nitrogens with zero attached hydrogens (tertiary/aromatic N) is 1. The maximum absolute atomic E-state index is 11.9. The number of amides is 1. The molecule has 0 saturated carbocycles. The summed E-state index contributed by atoms with van der Waals surface area (Å²) in [5.41, 5.74) is 2.05. The molecule has 1 aliphatic rings. The Morgan fingerprint density at radius 1 is 1.33 bits per heavy atom. The molecule has 116 valence electrons. The number of methoxy groups -OCH3 is 1. The first-order chi connectivity index (χ1) is 9.87. The van der Waals surface area contributed by atoms with Crippen molar-refractivity contribution in [2.75, 3.05) is 30.4 Å². The van der Waals surface area contributed by atoms with Gasteiger partial charge in [0.05, 0.1) is 6.10 Å². The van der Waals surface area contributed by atoms with Crippen LogP contribution in [0.1, 0.15) is 33.6 Å². The lowest BCUT2D eigenvalue weighted by Crippen LogP contribution is -2.22. The Bertz CT molecular complexity index is 477. The molecule has 1 atom stereocenters. The molecule has 1 N–H and O–H groups in total. The lowest BCUT2D eigenvalue weighted by Gasteiger charge is -2.19. The lowest BCUT2D eigenvalue weighted by molar-refractivity contribution is -0.117. The summed E-state index contributed by atoms with van der Waals surface area (Å²) < 4.78 is 5.39. The van der Waals surface area contributed by atoms with E-state index in [-0.39, 0.29) is 11.3 Å². The summed E-state index contributed by atoms with van der Waals surface area (Å²) in [4.78, 5) is 14.2. The van der Waals surface area contributed by atoms with Crippen LogP contribution in [0.3, 0.4) is 0 Å². The maximum Gasteiger partial charge on any atom is 0.224 e. The van der Waals surface area contributed by atoms with E-state index in [0.717, 1.165) is 25.2 Å². The summed E-state index contributed by atoms with van der Waals surface area (Å²) in [6.07, 6.45) is 1.92. The molecule has 21 heavy (non-hydrogen) atoms. The number of anilines is 2. The topological polar surface area (TPSA) is 41.6 Å². The minimum Gasteiger partial charge on any atom is -0.380 e. The van der Waals surface area contributed by atoms with Gasteiger partial charge in [-0.1, -0.05) is 20.8 Å². The second-order valence-electron chi connectivity index (χ2n) is 6.92. The quantitative estimate of drug-likeness (QED) is 0.925. The van der Waals surface area contributed by atoms with Gasteiger partial charge in [0, 0.05) is 38.0 Å². The molecule has 1 heterocycles. The van der Waals surface area contributed by atoms with Crippen LogP contribution >= 0.6 is 0 Å². The largest absolute Gasteiger partial charge is 0.380 e. The van der Waals surface area contributed by atoms with Crippen molar-refractivity contribution in [3.05, 3.63) is 24.3 Å². The zero-order valence-electron chi connectivity index (χ0n) is 13.5. The molecule has 2 rings (SSSR count). The Balaban J connectivity index is 1.92. The van der Waals surface area contributed by atoms with E-state index in [0.29, 0.717) is 12.5 Å². The van der Waals surface area contributed by atoms with E-state index in [1.54, 1.807) is 7.11 Å². The molecule has 1 aromatic carbocycles. The molecule has 0 spiro atoms. The average molecular weight is 290 g/mol. The number of ether oxygens (including phenoxy) is 1. The molecule has 1 aliphatic heterocycles. The van der Waals surface area contributed by atoms with Crippen molar-refractivity contribution in [1.29, 1.82) is 0 Å². The zero-order chi connectivity index (χ0) is 15.5. The third kappa shape index (κ3) is 4.74. The molecule has 0 aromatic heterocycles. The number of nitrogens with one attached hydrogen (secondary N) is 1. The van der Waals surface area contributed by atoms with Crippen molar-refractivity contribution in [1.82, 2.24) is 0 Å². The molecular weight excluding hydrogens is 264 g/mol. The fraction of sp³-hybridized carbons (Fsp3) is 0.588. The van der Waals surface area contributed by atoms with Gasteiger partial charge in [-0.2, -0.15) is 0 Å². The smallest absolute Gasteiger partial charge is 0.224 e. The number of benzene rings is 1. The van der Waals surface area contributed by atoms with Crippen LogP contribution in [0.4, 0.5) is 11.4 Å². The van der Waals surface area contributed by atoms with E-state index in [9.17, 15) is 4.79 Å². The van der Waals surface area contributed by atoms with Crippen LogP contribution in [0.2, 0.25) is 0 Å². The Hall–Kier alpha value is -1.55. The molecule has 0 radical (unpaired) electrons. The lowest BCUT2D eigenvalue weighted by atomic mass is 9.92. The molecular formula is C17H26N2O2. The fourth-order valence-corrected chi connectivity index (χ4v) is 2.60. The highest BCUT2D eigenvalue weighted by atomic mass is 16.5. The highest BCUT2D eigenvalue weighted by Crippen LogP contribution is 2.24. The molecule has 0 aliphatic carbocycles. The molecule has 1 amide bonds. The SMILES string of the molecule is CO[C@H]1CCN(c2ccc(NC(=O)CC(C)(C)C)cc2)C1. The van der Waals surface area contributed by atoms with Gasteiger partial charge in [-0.3, -0.25) is 4.79 Å². The van der Waals surface area contributed by atoms with Crippen molar-refractivity contribution >= 4 is 17.3 Å². The van der Waals surface area contributed by atoms with Crippen LogP contribution < -0.4 is 10.2 Å². The first kappa shape index (κ1) is 15.8. The number of carbonyl (C=O) groups is 1. The third-order valence-electron chi connectivity index (χ3n) is 3.69. The van der Waals surface area contributed by atoms with Crippen molar-refractivity contribution < 1.29 is 9.53 Å². The van der Waals surface area contributed by atoms with Gasteiger partial charge in [-0.25, -0.2) is 0 Å². The highest BCUT2D eigenvalue weighted by Gasteiger charge is 2.22. The summed E-state index contributed by atoms with van der Waals surface area (Å²) in [6.45, 7) is 8.15. The predicted octanol–water partition coefficient (Wildman–Crippen LogP) is 3.29. The zero-order valence-corrected chi connectivity index (χ0v) is 13.5. The average Bonchev–Trinajstić information content (AvgIpc) is 2.86. The summed E-state index contributed by atoms with van der Waals surface area (Å²) >= 11 is 0. The summed E-state index contributed by atoms with van der Waals surface area (Å²) in [6, 6.07) is 8.06. The van der Waals surface area contributed by atoms with Gasteiger partial charge in [0.25, 0.3) is 0 Å². The fourth-order valence-electron chi connectivity index (χ4n) is 2.60. The van der Waals surface area contributed by atoms with E-state index in [4.69, 9.17) is 4.74 Å². The summed E-state index contributed by atoms with van der Waals surface area (Å²) in [5.74, 6) is 0.0656. The Kier molecular flexibility index (Phi) is 4.88. The molecule has 4 nitrogen and oxygen atoms in total. The molecule has 0 bridgehead atoms. The van der Waals surface area contributed by atoms with Gasteiger partial charge in [0.1, 0.15) is 0 Å². The van der Waals surface area contributed by atoms with Crippen LogP contribution in [-0.4, -0.2) is 32.2 Å². The number of rotatable bonds is 4. The van der Waals surface area contributed by atoms with Gasteiger partial charge in [-0.05, 0) is 36.1 Å².